The van der Waals surface area contributed by atoms with Crippen molar-refractivity contribution in [3.63, 3.8) is 0 Å². The smallest absolute Gasteiger partial charge is 0.251 e. The van der Waals surface area contributed by atoms with Gasteiger partial charge >= 0.3 is 0 Å². The summed E-state index contributed by atoms with van der Waals surface area (Å²) in [5.41, 5.74) is 3.80. The van der Waals surface area contributed by atoms with E-state index in [-0.39, 0.29) is 5.91 Å². The maximum Gasteiger partial charge on any atom is 0.251 e. The van der Waals surface area contributed by atoms with Crippen LogP contribution in [0.5, 0.6) is 0 Å². The Hall–Kier alpha value is -1.35. The van der Waals surface area contributed by atoms with Gasteiger partial charge in [-0.25, -0.2) is 0 Å². The second-order valence-electron chi connectivity index (χ2n) is 5.90. The molecule has 1 aliphatic heterocycles. The lowest BCUT2D eigenvalue weighted by Gasteiger charge is -2.18. The van der Waals surface area contributed by atoms with Gasteiger partial charge < -0.3 is 10.6 Å². The van der Waals surface area contributed by atoms with E-state index in [1.54, 1.807) is 0 Å². The van der Waals surface area contributed by atoms with E-state index in [1.165, 1.54) is 24.0 Å². The van der Waals surface area contributed by atoms with E-state index in [2.05, 4.69) is 23.6 Å². The van der Waals surface area contributed by atoms with Gasteiger partial charge in [-0.3, -0.25) is 4.79 Å². The standard InChI is InChI=1S/C15H20N2O/c1-15(5-6-15)10-17-14(18)12-3-2-11-4-7-16-9-13(11)8-12/h2-3,8,16H,4-7,9-10H2,1H3,(H,17,18). The van der Waals surface area contributed by atoms with E-state index < -0.39 is 0 Å². The van der Waals surface area contributed by atoms with Crippen molar-refractivity contribution in [2.24, 2.45) is 5.41 Å². The lowest BCUT2D eigenvalue weighted by molar-refractivity contribution is 0.0946. The lowest BCUT2D eigenvalue weighted by atomic mass is 9.98. The molecule has 96 valence electrons. The molecule has 3 nitrogen and oxygen atoms in total. The SMILES string of the molecule is CC1(CNC(=O)c2ccc3c(c2)CNCC3)CC1. The van der Waals surface area contributed by atoms with Gasteiger partial charge in [0.1, 0.15) is 0 Å². The van der Waals surface area contributed by atoms with E-state index in [1.807, 2.05) is 12.1 Å². The van der Waals surface area contributed by atoms with Gasteiger partial charge in [0.05, 0.1) is 0 Å². The molecule has 3 rings (SSSR count). The van der Waals surface area contributed by atoms with Gasteiger partial charge in [-0.05, 0) is 54.5 Å². The minimum Gasteiger partial charge on any atom is -0.351 e. The zero-order valence-electron chi connectivity index (χ0n) is 10.9. The quantitative estimate of drug-likeness (QED) is 0.852. The topological polar surface area (TPSA) is 41.1 Å². The molecule has 0 saturated heterocycles. The summed E-state index contributed by atoms with van der Waals surface area (Å²) >= 11 is 0. The first-order valence-electron chi connectivity index (χ1n) is 6.77. The Kier molecular flexibility index (Phi) is 2.86. The molecule has 3 heteroatoms. The highest BCUT2D eigenvalue weighted by molar-refractivity contribution is 5.94. The lowest BCUT2D eigenvalue weighted by Crippen LogP contribution is -2.30. The Morgan fingerprint density at radius 2 is 2.22 bits per heavy atom. The highest BCUT2D eigenvalue weighted by Crippen LogP contribution is 2.44. The van der Waals surface area contributed by atoms with Gasteiger partial charge in [0, 0.05) is 18.7 Å². The first kappa shape index (κ1) is 11.7. The summed E-state index contributed by atoms with van der Waals surface area (Å²) in [6.07, 6.45) is 3.54. The van der Waals surface area contributed by atoms with E-state index in [9.17, 15) is 4.79 Å². The van der Waals surface area contributed by atoms with E-state index in [4.69, 9.17) is 0 Å². The van der Waals surface area contributed by atoms with Gasteiger partial charge in [-0.2, -0.15) is 0 Å². The molecule has 0 spiro atoms. The van der Waals surface area contributed by atoms with Crippen molar-refractivity contribution in [2.45, 2.75) is 32.7 Å². The molecule has 1 saturated carbocycles. The summed E-state index contributed by atoms with van der Waals surface area (Å²) in [5, 5.41) is 6.39. The molecule has 0 bridgehead atoms. The van der Waals surface area contributed by atoms with Gasteiger partial charge in [-0.15, -0.1) is 0 Å². The number of hydrogen-bond acceptors (Lipinski definition) is 2. The van der Waals surface area contributed by atoms with Crippen molar-refractivity contribution in [1.29, 1.82) is 0 Å². The fourth-order valence-corrected chi connectivity index (χ4v) is 2.41. The van der Waals surface area contributed by atoms with Crippen LogP contribution in [0.4, 0.5) is 0 Å². The van der Waals surface area contributed by atoms with Crippen LogP contribution in [0.15, 0.2) is 18.2 Å². The number of amides is 1. The first-order chi connectivity index (χ1) is 8.66. The predicted molar refractivity (Wildman–Crippen MR) is 71.5 cm³/mol. The van der Waals surface area contributed by atoms with Crippen molar-refractivity contribution in [2.75, 3.05) is 13.1 Å². The Bertz CT molecular complexity index is 477. The second kappa shape index (κ2) is 4.39. The third-order valence-corrected chi connectivity index (χ3v) is 4.13. The number of benzene rings is 1. The Labute approximate surface area is 108 Å². The van der Waals surface area contributed by atoms with Crippen molar-refractivity contribution in [3.8, 4) is 0 Å². The van der Waals surface area contributed by atoms with Crippen LogP contribution in [0.25, 0.3) is 0 Å². The van der Waals surface area contributed by atoms with Crippen molar-refractivity contribution in [3.05, 3.63) is 34.9 Å². The monoisotopic (exact) mass is 244 g/mol. The Morgan fingerprint density at radius 1 is 1.39 bits per heavy atom. The normalized spacial score (nSPS) is 20.1. The van der Waals surface area contributed by atoms with E-state index in [0.29, 0.717) is 5.41 Å². The highest BCUT2D eigenvalue weighted by Gasteiger charge is 2.37. The highest BCUT2D eigenvalue weighted by atomic mass is 16.1. The molecule has 0 unspecified atom stereocenters. The van der Waals surface area contributed by atoms with Crippen LogP contribution in [0.1, 0.15) is 41.3 Å². The van der Waals surface area contributed by atoms with Crippen molar-refractivity contribution < 1.29 is 4.79 Å². The molecule has 18 heavy (non-hydrogen) atoms. The average molecular weight is 244 g/mol. The molecule has 0 radical (unpaired) electrons. The zero-order valence-corrected chi connectivity index (χ0v) is 10.9. The number of hydrogen-bond donors (Lipinski definition) is 2. The molecule has 1 aromatic carbocycles. The molecule has 1 fully saturated rings. The van der Waals surface area contributed by atoms with E-state index in [0.717, 1.165) is 31.6 Å². The maximum atomic E-state index is 12.1. The molecule has 2 N–H and O–H groups in total. The summed E-state index contributed by atoms with van der Waals surface area (Å²) in [5.74, 6) is 0.0662. The molecular weight excluding hydrogens is 224 g/mol. The molecule has 2 aliphatic rings. The minimum absolute atomic E-state index is 0.0662. The van der Waals surface area contributed by atoms with Crippen molar-refractivity contribution in [1.82, 2.24) is 10.6 Å². The fraction of sp³-hybridized carbons (Fsp3) is 0.533. The third kappa shape index (κ3) is 2.41. The number of carbonyl (C=O) groups is 1. The number of rotatable bonds is 3. The first-order valence-corrected chi connectivity index (χ1v) is 6.77. The molecular formula is C15H20N2O. The van der Waals surface area contributed by atoms with Crippen molar-refractivity contribution >= 4 is 5.91 Å². The van der Waals surface area contributed by atoms with Crippen LogP contribution < -0.4 is 10.6 Å². The Balaban J connectivity index is 1.69. The van der Waals surface area contributed by atoms with Gasteiger partial charge in [-0.1, -0.05) is 13.0 Å². The number of nitrogens with one attached hydrogen (secondary N) is 2. The molecule has 0 atom stereocenters. The second-order valence-corrected chi connectivity index (χ2v) is 5.90. The Morgan fingerprint density at radius 3 is 3.00 bits per heavy atom. The molecule has 1 amide bonds. The molecule has 1 aromatic rings. The summed E-state index contributed by atoms with van der Waals surface area (Å²) in [4.78, 5) is 12.1. The number of fused-ring (bicyclic) bond motifs is 1. The largest absolute Gasteiger partial charge is 0.351 e. The average Bonchev–Trinajstić information content (AvgIpc) is 3.14. The van der Waals surface area contributed by atoms with Gasteiger partial charge in [0.15, 0.2) is 0 Å². The van der Waals surface area contributed by atoms with Crippen LogP contribution in [0, 0.1) is 5.41 Å². The van der Waals surface area contributed by atoms with Gasteiger partial charge in [0.2, 0.25) is 0 Å². The predicted octanol–water partition coefficient (Wildman–Crippen LogP) is 1.86. The molecule has 1 aliphatic carbocycles. The summed E-state index contributed by atoms with van der Waals surface area (Å²) in [6, 6.07) is 6.09. The summed E-state index contributed by atoms with van der Waals surface area (Å²) in [6.45, 7) is 4.95. The summed E-state index contributed by atoms with van der Waals surface area (Å²) in [7, 11) is 0. The fourth-order valence-electron chi connectivity index (χ4n) is 2.41. The zero-order chi connectivity index (χ0) is 12.6. The molecule has 1 heterocycles. The van der Waals surface area contributed by atoms with Crippen LogP contribution in [0.2, 0.25) is 0 Å². The third-order valence-electron chi connectivity index (χ3n) is 4.13. The van der Waals surface area contributed by atoms with Gasteiger partial charge in [0.25, 0.3) is 5.91 Å². The minimum atomic E-state index is 0.0662. The summed E-state index contributed by atoms with van der Waals surface area (Å²) < 4.78 is 0. The van der Waals surface area contributed by atoms with E-state index >= 15 is 0 Å². The van der Waals surface area contributed by atoms with Crippen LogP contribution in [-0.2, 0) is 13.0 Å². The number of carbonyl (C=O) groups excluding carboxylic acids is 1. The van der Waals surface area contributed by atoms with Crippen LogP contribution in [0.3, 0.4) is 0 Å². The van der Waals surface area contributed by atoms with Crippen LogP contribution in [-0.4, -0.2) is 19.0 Å². The van der Waals surface area contributed by atoms with Crippen LogP contribution >= 0.6 is 0 Å². The molecule has 0 aromatic heterocycles. The maximum absolute atomic E-state index is 12.1.